The number of nitriles is 1. The highest BCUT2D eigenvalue weighted by Gasteiger charge is 2.15. The van der Waals surface area contributed by atoms with E-state index in [0.29, 0.717) is 0 Å². The van der Waals surface area contributed by atoms with Crippen LogP contribution in [0.3, 0.4) is 0 Å². The van der Waals surface area contributed by atoms with Gasteiger partial charge < -0.3 is 9.47 Å². The molecule has 0 N–H and O–H groups in total. The van der Waals surface area contributed by atoms with Gasteiger partial charge in [-0.15, -0.1) is 0 Å². The van der Waals surface area contributed by atoms with Crippen LogP contribution in [0.1, 0.15) is 5.56 Å². The van der Waals surface area contributed by atoms with Crippen LogP contribution in [-0.2, 0) is 0 Å². The van der Waals surface area contributed by atoms with E-state index in [1.54, 1.807) is 0 Å². The summed E-state index contributed by atoms with van der Waals surface area (Å²) in [6, 6.07) is 5.75. The molecule has 0 saturated heterocycles. The first-order valence-corrected chi connectivity index (χ1v) is 6.32. The first-order valence-electron chi connectivity index (χ1n) is 5.56. The first-order chi connectivity index (χ1) is 9.96. The van der Waals surface area contributed by atoms with E-state index in [1.165, 1.54) is 25.3 Å². The van der Waals surface area contributed by atoms with Crippen LogP contribution >= 0.6 is 23.2 Å². The minimum Gasteiger partial charge on any atom is -0.493 e. The summed E-state index contributed by atoms with van der Waals surface area (Å²) in [5.74, 6) is -1.92. The quantitative estimate of drug-likeness (QED) is 0.800. The van der Waals surface area contributed by atoms with Crippen molar-refractivity contribution in [2.45, 2.75) is 0 Å². The van der Waals surface area contributed by atoms with E-state index in [1.807, 2.05) is 0 Å². The van der Waals surface area contributed by atoms with Gasteiger partial charge in [-0.3, -0.25) is 0 Å². The molecule has 0 heterocycles. The molecule has 0 aliphatic rings. The third-order valence-corrected chi connectivity index (χ3v) is 3.29. The van der Waals surface area contributed by atoms with E-state index in [-0.39, 0.29) is 21.5 Å². The first kappa shape index (κ1) is 15.4. The molecule has 0 spiro atoms. The molecule has 0 aliphatic heterocycles. The van der Waals surface area contributed by atoms with Gasteiger partial charge in [-0.2, -0.15) is 5.26 Å². The molecule has 0 aromatic heterocycles. The zero-order valence-corrected chi connectivity index (χ0v) is 12.1. The standard InChI is InChI=1S/C14H7Cl2F2NO2/c1-20-13-3-8(15)9(16)4-14(13)21-12-5-10(17)7(6-19)2-11(12)18/h2-5H,1H3. The number of hydrogen-bond acceptors (Lipinski definition) is 3. The molecule has 2 rings (SSSR count). The van der Waals surface area contributed by atoms with Crippen molar-refractivity contribution in [1.82, 2.24) is 0 Å². The lowest BCUT2D eigenvalue weighted by Gasteiger charge is -2.12. The van der Waals surface area contributed by atoms with Crippen LogP contribution in [0.5, 0.6) is 17.2 Å². The summed E-state index contributed by atoms with van der Waals surface area (Å²) in [6.45, 7) is 0. The number of hydrogen-bond donors (Lipinski definition) is 0. The Morgan fingerprint density at radius 3 is 2.14 bits per heavy atom. The molecular weight excluding hydrogens is 323 g/mol. The van der Waals surface area contributed by atoms with Crippen LogP contribution in [0.15, 0.2) is 24.3 Å². The van der Waals surface area contributed by atoms with E-state index in [2.05, 4.69) is 0 Å². The average molecular weight is 330 g/mol. The second kappa shape index (κ2) is 6.17. The Morgan fingerprint density at radius 2 is 1.57 bits per heavy atom. The predicted octanol–water partition coefficient (Wildman–Crippen LogP) is 4.94. The van der Waals surface area contributed by atoms with Crippen molar-refractivity contribution >= 4 is 23.2 Å². The van der Waals surface area contributed by atoms with Crippen molar-refractivity contribution in [2.75, 3.05) is 7.11 Å². The summed E-state index contributed by atoms with van der Waals surface area (Å²) in [7, 11) is 1.36. The minimum atomic E-state index is -0.895. The second-order valence-electron chi connectivity index (χ2n) is 3.89. The van der Waals surface area contributed by atoms with Crippen LogP contribution in [0.2, 0.25) is 10.0 Å². The van der Waals surface area contributed by atoms with Crippen molar-refractivity contribution < 1.29 is 18.3 Å². The fourth-order valence-corrected chi connectivity index (χ4v) is 1.87. The molecule has 0 saturated carbocycles. The molecule has 0 aliphatic carbocycles. The number of benzene rings is 2. The molecule has 21 heavy (non-hydrogen) atoms. The van der Waals surface area contributed by atoms with Gasteiger partial charge in [0.05, 0.1) is 22.7 Å². The SMILES string of the molecule is COc1cc(Cl)c(Cl)cc1Oc1cc(F)c(C#N)cc1F. The Morgan fingerprint density at radius 1 is 0.952 bits per heavy atom. The zero-order chi connectivity index (χ0) is 15.6. The third-order valence-electron chi connectivity index (χ3n) is 2.57. The molecule has 0 unspecified atom stereocenters. The van der Waals surface area contributed by atoms with E-state index in [0.717, 1.165) is 12.1 Å². The van der Waals surface area contributed by atoms with Gasteiger partial charge in [0, 0.05) is 18.2 Å². The van der Waals surface area contributed by atoms with Crippen LogP contribution < -0.4 is 9.47 Å². The Labute approximate surface area is 129 Å². The summed E-state index contributed by atoms with van der Waals surface area (Å²) in [5, 5.41) is 9.02. The molecular formula is C14H7Cl2F2NO2. The highest BCUT2D eigenvalue weighted by Crippen LogP contribution is 2.39. The lowest BCUT2D eigenvalue weighted by Crippen LogP contribution is -1.95. The lowest BCUT2D eigenvalue weighted by molar-refractivity contribution is 0.369. The Bertz CT molecular complexity index is 745. The fourth-order valence-electron chi connectivity index (χ4n) is 1.56. The van der Waals surface area contributed by atoms with Crippen LogP contribution in [0, 0.1) is 23.0 Å². The van der Waals surface area contributed by atoms with Gasteiger partial charge in [-0.1, -0.05) is 23.2 Å². The van der Waals surface area contributed by atoms with E-state index >= 15 is 0 Å². The van der Waals surface area contributed by atoms with Crippen molar-refractivity contribution in [1.29, 1.82) is 5.26 Å². The molecule has 7 heteroatoms. The predicted molar refractivity (Wildman–Crippen MR) is 74.2 cm³/mol. The second-order valence-corrected chi connectivity index (χ2v) is 4.71. The normalized spacial score (nSPS) is 10.1. The minimum absolute atomic E-state index is 0.0647. The maximum Gasteiger partial charge on any atom is 0.171 e. The summed E-state index contributed by atoms with van der Waals surface area (Å²) in [6.07, 6.45) is 0. The molecule has 2 aromatic carbocycles. The maximum atomic E-state index is 13.8. The number of ether oxygens (including phenoxy) is 2. The van der Waals surface area contributed by atoms with Crippen LogP contribution in [-0.4, -0.2) is 7.11 Å². The van der Waals surface area contributed by atoms with E-state index in [4.69, 9.17) is 37.9 Å². The monoisotopic (exact) mass is 329 g/mol. The topological polar surface area (TPSA) is 42.2 Å². The van der Waals surface area contributed by atoms with Crippen molar-refractivity contribution in [3.8, 4) is 23.3 Å². The van der Waals surface area contributed by atoms with Gasteiger partial charge in [0.1, 0.15) is 11.9 Å². The Kier molecular flexibility index (Phi) is 4.51. The van der Waals surface area contributed by atoms with Crippen molar-refractivity contribution in [3.05, 3.63) is 51.5 Å². The molecule has 0 radical (unpaired) electrons. The van der Waals surface area contributed by atoms with Crippen molar-refractivity contribution in [2.24, 2.45) is 0 Å². The van der Waals surface area contributed by atoms with Gasteiger partial charge in [0.25, 0.3) is 0 Å². The number of methoxy groups -OCH3 is 1. The maximum absolute atomic E-state index is 13.8. The summed E-state index contributed by atoms with van der Waals surface area (Å²) in [5.41, 5.74) is -0.416. The third kappa shape index (κ3) is 3.18. The smallest absolute Gasteiger partial charge is 0.171 e. The Hall–Kier alpha value is -2.03. The van der Waals surface area contributed by atoms with E-state index < -0.39 is 22.9 Å². The van der Waals surface area contributed by atoms with Crippen LogP contribution in [0.4, 0.5) is 8.78 Å². The number of halogens is 4. The lowest BCUT2D eigenvalue weighted by atomic mass is 10.2. The summed E-state index contributed by atoms with van der Waals surface area (Å²) < 4.78 is 37.6. The molecule has 3 nitrogen and oxygen atoms in total. The highest BCUT2D eigenvalue weighted by molar-refractivity contribution is 6.42. The summed E-state index contributed by atoms with van der Waals surface area (Å²) >= 11 is 11.7. The molecule has 2 aromatic rings. The fraction of sp³-hybridized carbons (Fsp3) is 0.0714. The van der Waals surface area contributed by atoms with E-state index in [9.17, 15) is 8.78 Å². The molecule has 108 valence electrons. The van der Waals surface area contributed by atoms with Gasteiger partial charge in [-0.05, 0) is 6.07 Å². The van der Waals surface area contributed by atoms with Gasteiger partial charge >= 0.3 is 0 Å². The van der Waals surface area contributed by atoms with Crippen LogP contribution in [0.25, 0.3) is 0 Å². The molecule has 0 bridgehead atoms. The van der Waals surface area contributed by atoms with Crippen molar-refractivity contribution in [3.63, 3.8) is 0 Å². The van der Waals surface area contributed by atoms with Gasteiger partial charge in [0.15, 0.2) is 23.1 Å². The molecule has 0 amide bonds. The summed E-state index contributed by atoms with van der Waals surface area (Å²) in [4.78, 5) is 0. The highest BCUT2D eigenvalue weighted by atomic mass is 35.5. The zero-order valence-electron chi connectivity index (χ0n) is 10.6. The van der Waals surface area contributed by atoms with Gasteiger partial charge in [-0.25, -0.2) is 8.78 Å². The molecule has 0 fully saturated rings. The number of rotatable bonds is 3. The average Bonchev–Trinajstić information content (AvgIpc) is 2.46. The molecule has 0 atom stereocenters. The largest absolute Gasteiger partial charge is 0.493 e. The number of nitrogens with zero attached hydrogens (tertiary/aromatic N) is 1. The Balaban J connectivity index is 2.46. The van der Waals surface area contributed by atoms with Gasteiger partial charge in [0.2, 0.25) is 0 Å².